The Kier molecular flexibility index (Phi) is 5.20. The van der Waals surface area contributed by atoms with Gasteiger partial charge in [0.1, 0.15) is 17.5 Å². The summed E-state index contributed by atoms with van der Waals surface area (Å²) < 4.78 is 18.9. The molecule has 6 heteroatoms. The van der Waals surface area contributed by atoms with Gasteiger partial charge in [0.05, 0.1) is 13.2 Å². The molecule has 2 fully saturated rings. The van der Waals surface area contributed by atoms with E-state index >= 15 is 0 Å². The molecule has 3 heterocycles. The molecule has 2 saturated heterocycles. The van der Waals surface area contributed by atoms with Crippen molar-refractivity contribution >= 4 is 17.3 Å². The molecule has 0 amide bonds. The maximum atomic E-state index is 13.5. The zero-order chi connectivity index (χ0) is 17.8. The number of morpholine rings is 1. The third-order valence-corrected chi connectivity index (χ3v) is 5.02. The smallest absolute Gasteiger partial charge is 0.131 e. The number of hydrogen-bond acceptors (Lipinski definition) is 5. The number of halogens is 1. The lowest BCUT2D eigenvalue weighted by atomic mass is 10.0. The minimum atomic E-state index is -0.183. The Morgan fingerprint density at radius 1 is 1.04 bits per heavy atom. The quantitative estimate of drug-likeness (QED) is 0.911. The van der Waals surface area contributed by atoms with Gasteiger partial charge in [-0.1, -0.05) is 12.1 Å². The van der Waals surface area contributed by atoms with Gasteiger partial charge in [-0.3, -0.25) is 0 Å². The first-order chi connectivity index (χ1) is 12.8. The van der Waals surface area contributed by atoms with Gasteiger partial charge in [0, 0.05) is 37.9 Å². The van der Waals surface area contributed by atoms with E-state index in [9.17, 15) is 4.39 Å². The Bertz CT molecular complexity index is 735. The molecule has 0 saturated carbocycles. The van der Waals surface area contributed by atoms with E-state index in [4.69, 9.17) is 9.72 Å². The molecule has 0 unspecified atom stereocenters. The van der Waals surface area contributed by atoms with Crippen LogP contribution in [0.2, 0.25) is 0 Å². The number of ether oxygens (including phenoxy) is 1. The highest BCUT2D eigenvalue weighted by Gasteiger charge is 2.21. The molecule has 1 aromatic heterocycles. The van der Waals surface area contributed by atoms with Crippen molar-refractivity contribution in [1.82, 2.24) is 4.98 Å². The van der Waals surface area contributed by atoms with Crippen molar-refractivity contribution < 1.29 is 9.13 Å². The van der Waals surface area contributed by atoms with Gasteiger partial charge in [-0.05, 0) is 43.2 Å². The van der Waals surface area contributed by atoms with Crippen LogP contribution in [0.3, 0.4) is 0 Å². The summed E-state index contributed by atoms with van der Waals surface area (Å²) in [5.41, 5.74) is 0.950. The van der Waals surface area contributed by atoms with Gasteiger partial charge in [0.25, 0.3) is 0 Å². The van der Waals surface area contributed by atoms with Crippen molar-refractivity contribution in [3.05, 3.63) is 48.3 Å². The number of hydrogen-bond donors (Lipinski definition) is 1. The second-order valence-corrected chi connectivity index (χ2v) is 6.89. The Morgan fingerprint density at radius 2 is 1.88 bits per heavy atom. The monoisotopic (exact) mass is 356 g/mol. The summed E-state index contributed by atoms with van der Waals surface area (Å²) >= 11 is 0. The summed E-state index contributed by atoms with van der Waals surface area (Å²) in [5.74, 6) is 1.72. The molecule has 2 aromatic rings. The highest BCUT2D eigenvalue weighted by molar-refractivity contribution is 5.50. The zero-order valence-corrected chi connectivity index (χ0v) is 14.9. The van der Waals surface area contributed by atoms with Crippen LogP contribution in [0.4, 0.5) is 21.7 Å². The average molecular weight is 356 g/mol. The van der Waals surface area contributed by atoms with Crippen LogP contribution in [0.5, 0.6) is 0 Å². The lowest BCUT2D eigenvalue weighted by Crippen LogP contribution is -2.42. The zero-order valence-electron chi connectivity index (χ0n) is 14.9. The summed E-state index contributed by atoms with van der Waals surface area (Å²) in [6, 6.07) is 13.3. The van der Waals surface area contributed by atoms with E-state index in [1.807, 2.05) is 18.2 Å². The Labute approximate surface area is 153 Å². The first kappa shape index (κ1) is 17.1. The lowest BCUT2D eigenvalue weighted by molar-refractivity contribution is 0.122. The van der Waals surface area contributed by atoms with Crippen LogP contribution in [0, 0.1) is 5.82 Å². The fourth-order valence-electron chi connectivity index (χ4n) is 3.68. The van der Waals surface area contributed by atoms with E-state index in [0.29, 0.717) is 6.04 Å². The van der Waals surface area contributed by atoms with Crippen molar-refractivity contribution in [2.24, 2.45) is 0 Å². The topological polar surface area (TPSA) is 40.6 Å². The van der Waals surface area contributed by atoms with Gasteiger partial charge in [0.2, 0.25) is 0 Å². The third kappa shape index (κ3) is 4.07. The van der Waals surface area contributed by atoms with Crippen LogP contribution >= 0.6 is 0 Å². The number of aromatic nitrogens is 1. The molecule has 4 rings (SSSR count). The van der Waals surface area contributed by atoms with Crippen LogP contribution in [0.25, 0.3) is 0 Å². The molecule has 1 aromatic carbocycles. The van der Waals surface area contributed by atoms with Crippen molar-refractivity contribution in [3.8, 4) is 0 Å². The molecular weight excluding hydrogens is 331 g/mol. The lowest BCUT2D eigenvalue weighted by Gasteiger charge is -2.35. The maximum Gasteiger partial charge on any atom is 0.131 e. The van der Waals surface area contributed by atoms with E-state index in [2.05, 4.69) is 21.2 Å². The van der Waals surface area contributed by atoms with Crippen LogP contribution in [0.15, 0.2) is 42.5 Å². The largest absolute Gasteiger partial charge is 0.378 e. The molecule has 26 heavy (non-hydrogen) atoms. The molecule has 0 radical (unpaired) electrons. The summed E-state index contributed by atoms with van der Waals surface area (Å²) in [7, 11) is 0. The van der Waals surface area contributed by atoms with Crippen molar-refractivity contribution in [3.63, 3.8) is 0 Å². The molecule has 2 aliphatic rings. The SMILES string of the molecule is Fc1cccc(N2CCC[C@@H](Nc3cccc(N4CCOCC4)n3)C2)c1. The normalized spacial score (nSPS) is 20.9. The molecule has 5 nitrogen and oxygen atoms in total. The summed E-state index contributed by atoms with van der Waals surface area (Å²) in [4.78, 5) is 9.29. The Morgan fingerprint density at radius 3 is 2.73 bits per heavy atom. The van der Waals surface area contributed by atoms with Crippen molar-refractivity contribution in [2.75, 3.05) is 54.5 Å². The van der Waals surface area contributed by atoms with E-state index < -0.39 is 0 Å². The molecule has 2 aliphatic heterocycles. The molecule has 0 aliphatic carbocycles. The highest BCUT2D eigenvalue weighted by Crippen LogP contribution is 2.23. The van der Waals surface area contributed by atoms with E-state index in [-0.39, 0.29) is 5.82 Å². The molecule has 1 N–H and O–H groups in total. The number of anilines is 3. The van der Waals surface area contributed by atoms with Crippen molar-refractivity contribution in [1.29, 1.82) is 0 Å². The van der Waals surface area contributed by atoms with Gasteiger partial charge < -0.3 is 19.9 Å². The van der Waals surface area contributed by atoms with Crippen LogP contribution < -0.4 is 15.1 Å². The minimum Gasteiger partial charge on any atom is -0.378 e. The number of nitrogens with one attached hydrogen (secondary N) is 1. The fourth-order valence-corrected chi connectivity index (χ4v) is 3.68. The first-order valence-electron chi connectivity index (χ1n) is 9.35. The van der Waals surface area contributed by atoms with E-state index in [1.165, 1.54) is 6.07 Å². The number of nitrogens with zero attached hydrogens (tertiary/aromatic N) is 3. The van der Waals surface area contributed by atoms with Crippen molar-refractivity contribution in [2.45, 2.75) is 18.9 Å². The standard InChI is InChI=1S/C20H25FN4O/c21-16-4-1-6-18(14-16)25-9-3-5-17(15-25)22-19-7-2-8-20(23-19)24-10-12-26-13-11-24/h1-2,4,6-8,14,17H,3,5,9-13,15H2,(H,22,23)/t17-/m1/s1. The molecular formula is C20H25FN4O. The van der Waals surface area contributed by atoms with Crippen LogP contribution in [-0.4, -0.2) is 50.4 Å². The molecule has 138 valence electrons. The maximum absolute atomic E-state index is 13.5. The van der Waals surface area contributed by atoms with Gasteiger partial charge in [-0.2, -0.15) is 0 Å². The Balaban J connectivity index is 1.42. The first-order valence-corrected chi connectivity index (χ1v) is 9.35. The van der Waals surface area contributed by atoms with Crippen LogP contribution in [-0.2, 0) is 4.74 Å². The second kappa shape index (κ2) is 7.91. The Hall–Kier alpha value is -2.34. The molecule has 0 spiro atoms. The van der Waals surface area contributed by atoms with Crippen LogP contribution in [0.1, 0.15) is 12.8 Å². The fraction of sp³-hybridized carbons (Fsp3) is 0.450. The number of rotatable bonds is 4. The second-order valence-electron chi connectivity index (χ2n) is 6.89. The van der Waals surface area contributed by atoms with E-state index in [1.54, 1.807) is 12.1 Å². The summed E-state index contributed by atoms with van der Waals surface area (Å²) in [5, 5.41) is 3.57. The molecule has 0 bridgehead atoms. The van der Waals surface area contributed by atoms with E-state index in [0.717, 1.165) is 69.6 Å². The van der Waals surface area contributed by atoms with Gasteiger partial charge in [-0.25, -0.2) is 9.37 Å². The summed E-state index contributed by atoms with van der Waals surface area (Å²) in [6.45, 7) is 5.09. The predicted molar refractivity (Wildman–Crippen MR) is 103 cm³/mol. The average Bonchev–Trinajstić information content (AvgIpc) is 2.69. The van der Waals surface area contributed by atoms with Gasteiger partial charge in [-0.15, -0.1) is 0 Å². The minimum absolute atomic E-state index is 0.183. The third-order valence-electron chi connectivity index (χ3n) is 5.02. The van der Waals surface area contributed by atoms with Gasteiger partial charge >= 0.3 is 0 Å². The molecule has 1 atom stereocenters. The summed E-state index contributed by atoms with van der Waals surface area (Å²) in [6.07, 6.45) is 2.17. The van der Waals surface area contributed by atoms with Gasteiger partial charge in [0.15, 0.2) is 0 Å². The number of pyridine rings is 1. The highest BCUT2D eigenvalue weighted by atomic mass is 19.1. The number of benzene rings is 1. The number of piperidine rings is 1. The predicted octanol–water partition coefficient (Wildman–Crippen LogP) is 3.14.